The summed E-state index contributed by atoms with van der Waals surface area (Å²) in [6, 6.07) is -0.627. The van der Waals surface area contributed by atoms with Crippen molar-refractivity contribution in [3.05, 3.63) is 34.1 Å². The van der Waals surface area contributed by atoms with Gasteiger partial charge in [-0.2, -0.15) is 0 Å². The third kappa shape index (κ3) is 5.18. The van der Waals surface area contributed by atoms with Crippen molar-refractivity contribution in [3.63, 3.8) is 0 Å². The van der Waals surface area contributed by atoms with E-state index in [9.17, 15) is 52.8 Å². The molecule has 4 atom stereocenters. The van der Waals surface area contributed by atoms with Gasteiger partial charge in [0.25, 0.3) is 5.91 Å². The second-order valence-electron chi connectivity index (χ2n) is 11.7. The van der Waals surface area contributed by atoms with Gasteiger partial charge in [-0.05, 0) is 32.9 Å². The third-order valence-electron chi connectivity index (χ3n) is 8.80. The minimum Gasteiger partial charge on any atom is -0.508 e. The number of primary amides is 1. The number of Topliss-reactive ketones (excluding diaryl/α,β-unsaturated/α-hetero) is 2. The van der Waals surface area contributed by atoms with Gasteiger partial charge in [0.15, 0.2) is 17.1 Å². The lowest BCUT2D eigenvalue weighted by molar-refractivity contribution is -0.275. The van der Waals surface area contributed by atoms with Crippen molar-refractivity contribution in [1.29, 1.82) is 0 Å². The van der Waals surface area contributed by atoms with Gasteiger partial charge in [-0.3, -0.25) is 29.0 Å². The quantitative estimate of drug-likeness (QED) is 0.173. The van der Waals surface area contributed by atoms with Crippen molar-refractivity contribution in [2.75, 3.05) is 46.2 Å². The Kier molecular flexibility index (Phi) is 7.88. The molecule has 7 N–H and O–H groups in total. The lowest BCUT2D eigenvalue weighted by Crippen LogP contribution is -2.65. The van der Waals surface area contributed by atoms with Gasteiger partial charge in [0, 0.05) is 43.3 Å². The Labute approximate surface area is 253 Å². The van der Waals surface area contributed by atoms with E-state index in [1.807, 2.05) is 0 Å². The molecule has 1 aliphatic heterocycles. The molecule has 14 nitrogen and oxygen atoms in total. The number of rotatable bonds is 7. The Hall–Kier alpha value is -4.19. The summed E-state index contributed by atoms with van der Waals surface area (Å²) in [6.07, 6.45) is -6.12. The molecule has 1 saturated heterocycles. The zero-order valence-electron chi connectivity index (χ0n) is 24.3. The van der Waals surface area contributed by atoms with E-state index in [1.54, 1.807) is 4.90 Å². The number of hydrogen-bond acceptors (Lipinski definition) is 12. The Morgan fingerprint density at radius 2 is 1.84 bits per heavy atom. The van der Waals surface area contributed by atoms with Crippen LogP contribution < -0.4 is 15.8 Å². The van der Waals surface area contributed by atoms with Crippen LogP contribution in [-0.2, 0) is 30.3 Å². The largest absolute Gasteiger partial charge is 0.573 e. The maximum Gasteiger partial charge on any atom is 0.573 e. The molecule has 45 heavy (non-hydrogen) atoms. The van der Waals surface area contributed by atoms with Gasteiger partial charge in [0.05, 0.1) is 29.9 Å². The van der Waals surface area contributed by atoms with E-state index in [-0.39, 0.29) is 24.6 Å². The molecule has 17 heteroatoms. The van der Waals surface area contributed by atoms with E-state index in [0.29, 0.717) is 13.1 Å². The second kappa shape index (κ2) is 11.0. The van der Waals surface area contributed by atoms with Crippen molar-refractivity contribution < 1.29 is 62.2 Å². The molecule has 0 bridgehead atoms. The normalized spacial score (nSPS) is 27.2. The molecule has 0 unspecified atom stereocenters. The van der Waals surface area contributed by atoms with Gasteiger partial charge in [0.1, 0.15) is 22.8 Å². The van der Waals surface area contributed by atoms with Crippen LogP contribution in [0.2, 0.25) is 0 Å². The Bertz CT molecular complexity index is 1570. The van der Waals surface area contributed by atoms with Crippen LogP contribution in [0.4, 0.5) is 18.9 Å². The highest BCUT2D eigenvalue weighted by molar-refractivity contribution is 6.24. The molecule has 1 saturated carbocycles. The number of benzene rings is 1. The number of methoxy groups -OCH3 is 1. The Balaban J connectivity index is 1.63. The van der Waals surface area contributed by atoms with Crippen LogP contribution in [0.25, 0.3) is 5.76 Å². The lowest BCUT2D eigenvalue weighted by Gasteiger charge is -2.50. The van der Waals surface area contributed by atoms with E-state index >= 15 is 0 Å². The minimum atomic E-state index is -5.24. The van der Waals surface area contributed by atoms with Crippen LogP contribution in [-0.4, -0.2) is 119 Å². The Morgan fingerprint density at radius 3 is 2.40 bits per heavy atom. The first-order valence-corrected chi connectivity index (χ1v) is 13.7. The molecular formula is C28H31F3N4O10. The fourth-order valence-corrected chi connectivity index (χ4v) is 6.78. The first kappa shape index (κ1) is 32.2. The third-order valence-corrected chi connectivity index (χ3v) is 8.80. The number of ketones is 2. The van der Waals surface area contributed by atoms with Gasteiger partial charge >= 0.3 is 6.36 Å². The predicted octanol–water partition coefficient (Wildman–Crippen LogP) is 0.132. The molecule has 2 fully saturated rings. The summed E-state index contributed by atoms with van der Waals surface area (Å²) in [4.78, 5) is 54.9. The number of alkyl halides is 3. The highest BCUT2D eigenvalue weighted by atomic mass is 19.4. The standard InChI is InChI=1S/C28H31F3N4O10/c1-34(2)20-13-5-10-4-12-15(45-28(29,30)31)6-14(33-16(36)9-35-7-11(8-35)44-3)21(37)18(12)22(38)17(10)24(40)27(13,43)25(41)19(23(20)39)26(32)42/h6,10-11,13,20,37-38,41,43H,4-5,7-9H2,1-3H3,(H2,32,42)(H,33,36)/t10-,13-,20-,27-/m0/s1. The molecule has 4 aliphatic rings. The maximum atomic E-state index is 14.0. The molecule has 1 heterocycles. The molecule has 5 rings (SSSR count). The predicted molar refractivity (Wildman–Crippen MR) is 147 cm³/mol. The number of likely N-dealkylation sites (N-methyl/N-ethyl adjacent to an activating group) is 1. The summed E-state index contributed by atoms with van der Waals surface area (Å²) in [5.41, 5.74) is -0.832. The molecule has 1 aromatic rings. The van der Waals surface area contributed by atoms with Gasteiger partial charge < -0.3 is 41.0 Å². The van der Waals surface area contributed by atoms with Crippen LogP contribution in [0.15, 0.2) is 23.0 Å². The van der Waals surface area contributed by atoms with Crippen LogP contribution in [0.1, 0.15) is 17.5 Å². The highest BCUT2D eigenvalue weighted by Gasteiger charge is 2.64. The van der Waals surface area contributed by atoms with Gasteiger partial charge in [0.2, 0.25) is 11.7 Å². The number of halogens is 3. The molecule has 244 valence electrons. The average molecular weight is 641 g/mol. The SMILES string of the molecule is COC1CN(CC(=O)Nc2cc(OC(F)(F)F)c3c(c2O)C(O)=C2C(=O)[C@]4(O)C(O)=C(C(N)=O)C(=O)[C@@H](N(C)C)[C@@H]4C[C@@H]2C3)C1. The summed E-state index contributed by atoms with van der Waals surface area (Å²) >= 11 is 0. The zero-order valence-corrected chi connectivity index (χ0v) is 24.3. The number of aliphatic hydroxyl groups is 3. The molecule has 0 aromatic heterocycles. The molecule has 2 amide bonds. The molecular weight excluding hydrogens is 609 g/mol. The van der Waals surface area contributed by atoms with E-state index < -0.39 is 105 Å². The van der Waals surface area contributed by atoms with Crippen LogP contribution >= 0.6 is 0 Å². The average Bonchev–Trinajstić information content (AvgIpc) is 2.89. The number of carbonyl (C=O) groups excluding carboxylic acids is 4. The number of anilines is 1. The zero-order chi connectivity index (χ0) is 33.3. The van der Waals surface area contributed by atoms with Gasteiger partial charge in [-0.25, -0.2) is 0 Å². The second-order valence-corrected chi connectivity index (χ2v) is 11.7. The number of phenols is 1. The number of fused-ring (bicyclic) bond motifs is 3. The minimum absolute atomic E-state index is 0.0932. The summed E-state index contributed by atoms with van der Waals surface area (Å²) in [7, 11) is 4.32. The molecule has 3 aliphatic carbocycles. The summed E-state index contributed by atoms with van der Waals surface area (Å²) in [6.45, 7) is 0.636. The number of nitrogens with one attached hydrogen (secondary N) is 1. The number of likely N-dealkylation sites (tertiary alicyclic amines) is 1. The summed E-state index contributed by atoms with van der Waals surface area (Å²) in [5.74, 6) is -11.1. The number of nitrogens with two attached hydrogens (primary N) is 1. The lowest BCUT2D eigenvalue weighted by atomic mass is 9.57. The number of aromatic hydroxyl groups is 1. The van der Waals surface area contributed by atoms with Gasteiger partial charge in [-0.15, -0.1) is 13.2 Å². The van der Waals surface area contributed by atoms with Crippen molar-refractivity contribution in [2.45, 2.75) is 37.0 Å². The fourth-order valence-electron chi connectivity index (χ4n) is 6.78. The number of carbonyl (C=O) groups is 4. The highest BCUT2D eigenvalue weighted by Crippen LogP contribution is 2.55. The van der Waals surface area contributed by atoms with Crippen molar-refractivity contribution >= 4 is 34.8 Å². The van der Waals surface area contributed by atoms with E-state index in [2.05, 4.69) is 10.1 Å². The van der Waals surface area contributed by atoms with Crippen LogP contribution in [0, 0.1) is 11.8 Å². The maximum absolute atomic E-state index is 14.0. The molecule has 0 spiro atoms. The topological polar surface area (TPSA) is 212 Å². The number of ether oxygens (including phenoxy) is 2. The van der Waals surface area contributed by atoms with Gasteiger partial charge in [-0.1, -0.05) is 0 Å². The van der Waals surface area contributed by atoms with E-state index in [1.165, 1.54) is 26.1 Å². The fraction of sp³-hybridized carbons (Fsp3) is 0.500. The number of amides is 2. The van der Waals surface area contributed by atoms with E-state index in [0.717, 1.165) is 6.07 Å². The summed E-state index contributed by atoms with van der Waals surface area (Å²) < 4.78 is 49.9. The van der Waals surface area contributed by atoms with Crippen molar-refractivity contribution in [3.8, 4) is 11.5 Å². The number of hydrogen-bond donors (Lipinski definition) is 6. The number of aliphatic hydroxyl groups excluding tert-OH is 2. The first-order valence-electron chi connectivity index (χ1n) is 13.7. The smallest absolute Gasteiger partial charge is 0.508 e. The first-order chi connectivity index (χ1) is 20.9. The van der Waals surface area contributed by atoms with E-state index in [4.69, 9.17) is 10.5 Å². The molecule has 1 aromatic carbocycles. The number of nitrogens with zero attached hydrogens (tertiary/aromatic N) is 2. The Morgan fingerprint density at radius 1 is 1.20 bits per heavy atom. The number of phenolic OH excluding ortho intramolecular Hbond substituents is 1. The van der Waals surface area contributed by atoms with Crippen molar-refractivity contribution in [2.24, 2.45) is 17.6 Å². The molecule has 0 radical (unpaired) electrons. The van der Waals surface area contributed by atoms with Crippen LogP contribution in [0.5, 0.6) is 11.5 Å². The van der Waals surface area contributed by atoms with Crippen molar-refractivity contribution in [1.82, 2.24) is 9.80 Å². The monoisotopic (exact) mass is 640 g/mol. The summed E-state index contributed by atoms with van der Waals surface area (Å²) in [5, 5.41) is 47.4. The van der Waals surface area contributed by atoms with Crippen LogP contribution in [0.3, 0.4) is 0 Å².